The van der Waals surface area contributed by atoms with E-state index in [4.69, 9.17) is 0 Å². The summed E-state index contributed by atoms with van der Waals surface area (Å²) in [7, 11) is 0. The molecule has 0 saturated carbocycles. The van der Waals surface area contributed by atoms with Crippen LogP contribution in [0.25, 0.3) is 0 Å². The SMILES string of the molecule is CCCN1C(C)CC(=O)N2NC(C(C)C)NC21. The Balaban J connectivity index is 2.13. The number of rotatable bonds is 3. The van der Waals surface area contributed by atoms with Gasteiger partial charge in [-0.15, -0.1) is 0 Å². The second-order valence-corrected chi connectivity index (χ2v) is 5.45. The van der Waals surface area contributed by atoms with Crippen molar-refractivity contribution >= 4 is 5.91 Å². The highest BCUT2D eigenvalue weighted by molar-refractivity contribution is 5.77. The zero-order chi connectivity index (χ0) is 12.6. The highest BCUT2D eigenvalue weighted by Crippen LogP contribution is 2.23. The standard InChI is InChI=1S/C12H24N4O/c1-5-6-15-9(4)7-10(17)16-12(15)13-11(14-16)8(2)3/h8-9,11-14H,5-7H2,1-4H3. The van der Waals surface area contributed by atoms with Crippen LogP contribution in [0, 0.1) is 5.92 Å². The topological polar surface area (TPSA) is 47.6 Å². The van der Waals surface area contributed by atoms with Gasteiger partial charge in [0.15, 0.2) is 6.29 Å². The third kappa shape index (κ3) is 2.32. The average molecular weight is 240 g/mol. The zero-order valence-electron chi connectivity index (χ0n) is 11.2. The molecule has 0 bridgehead atoms. The van der Waals surface area contributed by atoms with Crippen LogP contribution in [-0.4, -0.2) is 40.9 Å². The Morgan fingerprint density at radius 2 is 2.18 bits per heavy atom. The van der Waals surface area contributed by atoms with Gasteiger partial charge in [0.1, 0.15) is 0 Å². The minimum Gasteiger partial charge on any atom is -0.273 e. The van der Waals surface area contributed by atoms with E-state index in [1.807, 2.05) is 0 Å². The van der Waals surface area contributed by atoms with Gasteiger partial charge in [-0.3, -0.25) is 15.0 Å². The summed E-state index contributed by atoms with van der Waals surface area (Å²) in [5.74, 6) is 0.665. The molecule has 5 nitrogen and oxygen atoms in total. The Labute approximate surface area is 103 Å². The van der Waals surface area contributed by atoms with Crippen molar-refractivity contribution in [3.8, 4) is 0 Å². The van der Waals surface area contributed by atoms with Crippen LogP contribution in [0.1, 0.15) is 40.5 Å². The first kappa shape index (κ1) is 12.8. The molecule has 17 heavy (non-hydrogen) atoms. The van der Waals surface area contributed by atoms with Gasteiger partial charge in [-0.2, -0.15) is 0 Å². The molecule has 0 spiro atoms. The number of nitrogens with one attached hydrogen (secondary N) is 2. The van der Waals surface area contributed by atoms with Crippen molar-refractivity contribution in [2.75, 3.05) is 6.54 Å². The molecule has 2 heterocycles. The number of carbonyl (C=O) groups excluding carboxylic acids is 1. The minimum atomic E-state index is 0.0265. The molecule has 1 amide bonds. The minimum absolute atomic E-state index is 0.0265. The van der Waals surface area contributed by atoms with E-state index in [2.05, 4.69) is 43.3 Å². The van der Waals surface area contributed by atoms with Gasteiger partial charge in [0.05, 0.1) is 6.17 Å². The van der Waals surface area contributed by atoms with Crippen LogP contribution >= 0.6 is 0 Å². The third-order valence-corrected chi connectivity index (χ3v) is 3.62. The fraction of sp³-hybridized carbons (Fsp3) is 0.917. The van der Waals surface area contributed by atoms with Gasteiger partial charge < -0.3 is 0 Å². The van der Waals surface area contributed by atoms with Gasteiger partial charge in [-0.05, 0) is 19.3 Å². The smallest absolute Gasteiger partial charge is 0.240 e. The summed E-state index contributed by atoms with van der Waals surface area (Å²) in [6.07, 6.45) is 1.93. The molecule has 0 aromatic rings. The fourth-order valence-electron chi connectivity index (χ4n) is 2.60. The second kappa shape index (κ2) is 4.92. The molecule has 2 N–H and O–H groups in total. The quantitative estimate of drug-likeness (QED) is 0.762. The summed E-state index contributed by atoms with van der Waals surface area (Å²) < 4.78 is 0. The summed E-state index contributed by atoms with van der Waals surface area (Å²) in [5, 5.41) is 5.29. The van der Waals surface area contributed by atoms with Crippen molar-refractivity contribution in [2.45, 2.75) is 59.0 Å². The summed E-state index contributed by atoms with van der Waals surface area (Å²) in [6.45, 7) is 9.64. The van der Waals surface area contributed by atoms with Crippen molar-refractivity contribution in [2.24, 2.45) is 5.92 Å². The lowest BCUT2D eigenvalue weighted by molar-refractivity contribution is -0.150. The Hall–Kier alpha value is -0.650. The molecule has 2 saturated heterocycles. The second-order valence-electron chi connectivity index (χ2n) is 5.45. The van der Waals surface area contributed by atoms with E-state index in [9.17, 15) is 4.79 Å². The van der Waals surface area contributed by atoms with Crippen molar-refractivity contribution < 1.29 is 4.79 Å². The van der Waals surface area contributed by atoms with Gasteiger partial charge in [-0.25, -0.2) is 10.4 Å². The number of hydrazine groups is 1. The van der Waals surface area contributed by atoms with E-state index < -0.39 is 0 Å². The molecule has 0 aromatic heterocycles. The highest BCUT2D eigenvalue weighted by Gasteiger charge is 2.44. The van der Waals surface area contributed by atoms with Crippen LogP contribution in [0.4, 0.5) is 0 Å². The summed E-state index contributed by atoms with van der Waals surface area (Å²) in [6, 6.07) is 0.323. The third-order valence-electron chi connectivity index (χ3n) is 3.62. The van der Waals surface area contributed by atoms with Crippen LogP contribution in [0.5, 0.6) is 0 Å². The first-order valence-corrected chi connectivity index (χ1v) is 6.64. The number of fused-ring (bicyclic) bond motifs is 1. The zero-order valence-corrected chi connectivity index (χ0v) is 11.2. The monoisotopic (exact) mass is 240 g/mol. The van der Waals surface area contributed by atoms with Crippen LogP contribution in [0.3, 0.4) is 0 Å². The summed E-state index contributed by atoms with van der Waals surface area (Å²) in [4.78, 5) is 14.4. The summed E-state index contributed by atoms with van der Waals surface area (Å²) >= 11 is 0. The molecule has 2 rings (SSSR count). The number of nitrogens with zero attached hydrogens (tertiary/aromatic N) is 2. The first-order chi connectivity index (χ1) is 8.04. The van der Waals surface area contributed by atoms with E-state index in [-0.39, 0.29) is 18.4 Å². The Kier molecular flexibility index (Phi) is 3.70. The summed E-state index contributed by atoms with van der Waals surface area (Å²) in [5.41, 5.74) is 3.28. The normalized spacial score (nSPS) is 34.5. The van der Waals surface area contributed by atoms with E-state index in [0.717, 1.165) is 13.0 Å². The lowest BCUT2D eigenvalue weighted by Crippen LogP contribution is -2.62. The van der Waals surface area contributed by atoms with E-state index in [1.165, 1.54) is 0 Å². The lowest BCUT2D eigenvalue weighted by Gasteiger charge is -2.42. The molecule has 2 aliphatic heterocycles. The van der Waals surface area contributed by atoms with E-state index in [0.29, 0.717) is 18.4 Å². The van der Waals surface area contributed by atoms with Crippen molar-refractivity contribution in [1.29, 1.82) is 0 Å². The van der Waals surface area contributed by atoms with Crippen LogP contribution < -0.4 is 10.7 Å². The maximum absolute atomic E-state index is 12.0. The maximum Gasteiger partial charge on any atom is 0.240 e. The molecule has 3 unspecified atom stereocenters. The molecule has 0 radical (unpaired) electrons. The molecule has 2 fully saturated rings. The number of amides is 1. The Morgan fingerprint density at radius 1 is 1.47 bits per heavy atom. The Bertz CT molecular complexity index is 294. The maximum atomic E-state index is 12.0. The highest BCUT2D eigenvalue weighted by atomic mass is 16.2. The average Bonchev–Trinajstić information content (AvgIpc) is 2.69. The van der Waals surface area contributed by atoms with E-state index in [1.54, 1.807) is 5.01 Å². The molecule has 0 aromatic carbocycles. The lowest BCUT2D eigenvalue weighted by atomic mass is 10.1. The number of hydrogen-bond donors (Lipinski definition) is 2. The fourth-order valence-corrected chi connectivity index (χ4v) is 2.60. The molecule has 98 valence electrons. The largest absolute Gasteiger partial charge is 0.273 e. The predicted molar refractivity (Wildman–Crippen MR) is 66.6 cm³/mol. The number of hydrogen-bond acceptors (Lipinski definition) is 4. The first-order valence-electron chi connectivity index (χ1n) is 6.64. The molecule has 3 atom stereocenters. The Morgan fingerprint density at radius 3 is 2.76 bits per heavy atom. The molecule has 5 heteroatoms. The van der Waals surface area contributed by atoms with Gasteiger partial charge in [-0.1, -0.05) is 20.8 Å². The van der Waals surface area contributed by atoms with Crippen molar-refractivity contribution in [1.82, 2.24) is 20.7 Å². The van der Waals surface area contributed by atoms with E-state index >= 15 is 0 Å². The van der Waals surface area contributed by atoms with Crippen LogP contribution in [0.15, 0.2) is 0 Å². The number of carbonyl (C=O) groups is 1. The van der Waals surface area contributed by atoms with Crippen LogP contribution in [-0.2, 0) is 4.79 Å². The van der Waals surface area contributed by atoms with Crippen LogP contribution in [0.2, 0.25) is 0 Å². The predicted octanol–water partition coefficient (Wildman–Crippen LogP) is 0.693. The molecular weight excluding hydrogens is 216 g/mol. The molecule has 2 aliphatic rings. The van der Waals surface area contributed by atoms with Gasteiger partial charge in [0.2, 0.25) is 5.91 Å². The molecule has 0 aliphatic carbocycles. The molecular formula is C12H24N4O. The van der Waals surface area contributed by atoms with Crippen molar-refractivity contribution in [3.63, 3.8) is 0 Å². The van der Waals surface area contributed by atoms with Gasteiger partial charge in [0, 0.05) is 19.0 Å². The van der Waals surface area contributed by atoms with Gasteiger partial charge in [0.25, 0.3) is 0 Å². The van der Waals surface area contributed by atoms with Crippen molar-refractivity contribution in [3.05, 3.63) is 0 Å². The van der Waals surface area contributed by atoms with Gasteiger partial charge >= 0.3 is 0 Å².